The Kier molecular flexibility index (Phi) is 5.37. The predicted molar refractivity (Wildman–Crippen MR) is 84.1 cm³/mol. The summed E-state index contributed by atoms with van der Waals surface area (Å²) in [5.41, 5.74) is 1.90. The van der Waals surface area contributed by atoms with Crippen LogP contribution in [0.15, 0.2) is 54.6 Å². The summed E-state index contributed by atoms with van der Waals surface area (Å²) in [5, 5.41) is 1.93. The van der Waals surface area contributed by atoms with Crippen molar-refractivity contribution in [2.24, 2.45) is 0 Å². The first-order valence-electron chi connectivity index (χ1n) is 6.73. The SMILES string of the molecule is CON(C)C(=O)C(Cc1ccccc1Cl)c1ccccc1. The Hall–Kier alpha value is -1.84. The number of hydroxylamine groups is 2. The highest BCUT2D eigenvalue weighted by atomic mass is 35.5. The molecule has 0 aromatic heterocycles. The van der Waals surface area contributed by atoms with Crippen molar-refractivity contribution in [1.29, 1.82) is 0 Å². The van der Waals surface area contributed by atoms with Crippen LogP contribution in [0.4, 0.5) is 0 Å². The lowest BCUT2D eigenvalue weighted by Crippen LogP contribution is -2.32. The lowest BCUT2D eigenvalue weighted by molar-refractivity contribution is -0.170. The Morgan fingerprint density at radius 1 is 1.14 bits per heavy atom. The fourth-order valence-corrected chi connectivity index (χ4v) is 2.44. The van der Waals surface area contributed by atoms with E-state index in [1.807, 2.05) is 54.6 Å². The fourth-order valence-electron chi connectivity index (χ4n) is 2.23. The lowest BCUT2D eigenvalue weighted by Gasteiger charge is -2.22. The molecule has 3 nitrogen and oxygen atoms in total. The van der Waals surface area contributed by atoms with Crippen molar-refractivity contribution in [3.05, 3.63) is 70.7 Å². The number of likely N-dealkylation sites (N-methyl/N-ethyl adjacent to an activating group) is 1. The van der Waals surface area contributed by atoms with Crippen LogP contribution in [0.3, 0.4) is 0 Å². The van der Waals surface area contributed by atoms with Crippen LogP contribution in [0.5, 0.6) is 0 Å². The van der Waals surface area contributed by atoms with E-state index in [2.05, 4.69) is 0 Å². The molecule has 4 heteroatoms. The third-order valence-electron chi connectivity index (χ3n) is 3.47. The zero-order valence-electron chi connectivity index (χ0n) is 12.1. The number of halogens is 1. The average Bonchev–Trinajstić information content (AvgIpc) is 2.53. The number of amides is 1. The molecule has 2 aromatic rings. The summed E-state index contributed by atoms with van der Waals surface area (Å²) in [7, 11) is 3.10. The molecule has 0 fully saturated rings. The van der Waals surface area contributed by atoms with Crippen molar-refractivity contribution < 1.29 is 9.63 Å². The van der Waals surface area contributed by atoms with E-state index >= 15 is 0 Å². The lowest BCUT2D eigenvalue weighted by atomic mass is 9.91. The van der Waals surface area contributed by atoms with Gasteiger partial charge in [-0.15, -0.1) is 0 Å². The molecule has 0 bridgehead atoms. The first-order chi connectivity index (χ1) is 10.1. The number of benzene rings is 2. The molecule has 1 unspecified atom stereocenters. The Balaban J connectivity index is 2.33. The summed E-state index contributed by atoms with van der Waals surface area (Å²) >= 11 is 6.22. The molecule has 0 aliphatic rings. The van der Waals surface area contributed by atoms with E-state index in [-0.39, 0.29) is 11.8 Å². The number of carbonyl (C=O) groups excluding carboxylic acids is 1. The highest BCUT2D eigenvalue weighted by Crippen LogP contribution is 2.26. The largest absolute Gasteiger partial charge is 0.275 e. The molecule has 0 spiro atoms. The van der Waals surface area contributed by atoms with Gasteiger partial charge in [-0.2, -0.15) is 0 Å². The van der Waals surface area contributed by atoms with Gasteiger partial charge in [0.1, 0.15) is 0 Å². The third kappa shape index (κ3) is 3.84. The van der Waals surface area contributed by atoms with Crippen LogP contribution in [0, 0.1) is 0 Å². The summed E-state index contributed by atoms with van der Waals surface area (Å²) in [6.07, 6.45) is 0.538. The molecule has 0 aliphatic heterocycles. The number of hydrogen-bond donors (Lipinski definition) is 0. The van der Waals surface area contributed by atoms with Crippen LogP contribution in [0.1, 0.15) is 17.0 Å². The van der Waals surface area contributed by atoms with Crippen LogP contribution in [-0.2, 0) is 16.1 Å². The summed E-state index contributed by atoms with van der Waals surface area (Å²) in [4.78, 5) is 17.6. The minimum absolute atomic E-state index is 0.0939. The number of carbonyl (C=O) groups is 1. The molecule has 1 amide bonds. The van der Waals surface area contributed by atoms with Crippen LogP contribution < -0.4 is 0 Å². The van der Waals surface area contributed by atoms with E-state index in [9.17, 15) is 4.79 Å². The zero-order chi connectivity index (χ0) is 15.2. The van der Waals surface area contributed by atoms with Gasteiger partial charge in [0.15, 0.2) is 0 Å². The minimum atomic E-state index is -0.323. The van der Waals surface area contributed by atoms with Gasteiger partial charge in [0.25, 0.3) is 5.91 Å². The fraction of sp³-hybridized carbons (Fsp3) is 0.235. The van der Waals surface area contributed by atoms with Crippen molar-refractivity contribution in [3.8, 4) is 0 Å². The second kappa shape index (κ2) is 7.25. The molecule has 1 atom stereocenters. The van der Waals surface area contributed by atoms with E-state index in [0.717, 1.165) is 11.1 Å². The predicted octanol–water partition coefficient (Wildman–Crippen LogP) is 3.69. The summed E-state index contributed by atoms with van der Waals surface area (Å²) < 4.78 is 0. The molecule has 2 rings (SSSR count). The van der Waals surface area contributed by atoms with Gasteiger partial charge in [0, 0.05) is 12.1 Å². The molecule has 2 aromatic carbocycles. The third-order valence-corrected chi connectivity index (χ3v) is 3.83. The van der Waals surface area contributed by atoms with E-state index < -0.39 is 0 Å². The second-order valence-electron chi connectivity index (χ2n) is 4.78. The maximum Gasteiger partial charge on any atom is 0.253 e. The molecule has 0 heterocycles. The van der Waals surface area contributed by atoms with Gasteiger partial charge in [-0.1, -0.05) is 60.1 Å². The smallest absolute Gasteiger partial charge is 0.253 e. The Morgan fingerprint density at radius 3 is 2.38 bits per heavy atom. The molecule has 21 heavy (non-hydrogen) atoms. The van der Waals surface area contributed by atoms with Crippen molar-refractivity contribution >= 4 is 17.5 Å². The van der Waals surface area contributed by atoms with E-state index in [1.165, 1.54) is 12.2 Å². The molecular weight excluding hydrogens is 286 g/mol. The summed E-state index contributed by atoms with van der Waals surface area (Å²) in [6, 6.07) is 17.3. The molecule has 0 saturated heterocycles. The van der Waals surface area contributed by atoms with Gasteiger partial charge in [-0.05, 0) is 23.6 Å². The Bertz CT molecular complexity index is 601. The Labute approximate surface area is 130 Å². The van der Waals surface area contributed by atoms with Crippen LogP contribution in [0.25, 0.3) is 0 Å². The van der Waals surface area contributed by atoms with Gasteiger partial charge in [0.05, 0.1) is 13.0 Å². The highest BCUT2D eigenvalue weighted by molar-refractivity contribution is 6.31. The summed E-state index contributed by atoms with van der Waals surface area (Å²) in [5.74, 6) is -0.417. The highest BCUT2D eigenvalue weighted by Gasteiger charge is 2.25. The van der Waals surface area contributed by atoms with Gasteiger partial charge >= 0.3 is 0 Å². The van der Waals surface area contributed by atoms with Crippen LogP contribution >= 0.6 is 11.6 Å². The standard InChI is InChI=1S/C17H18ClNO2/c1-19(21-2)17(20)15(13-8-4-3-5-9-13)12-14-10-6-7-11-16(14)18/h3-11,15H,12H2,1-2H3. The number of nitrogens with zero attached hydrogens (tertiary/aromatic N) is 1. The van der Waals surface area contributed by atoms with E-state index in [1.54, 1.807) is 7.05 Å². The average molecular weight is 304 g/mol. The Morgan fingerprint density at radius 2 is 1.76 bits per heavy atom. The quantitative estimate of drug-likeness (QED) is 0.789. The normalized spacial score (nSPS) is 12.0. The second-order valence-corrected chi connectivity index (χ2v) is 5.18. The first-order valence-corrected chi connectivity index (χ1v) is 7.11. The minimum Gasteiger partial charge on any atom is -0.275 e. The molecule has 0 aliphatic carbocycles. The van der Waals surface area contributed by atoms with Gasteiger partial charge in [0.2, 0.25) is 0 Å². The van der Waals surface area contributed by atoms with E-state index in [4.69, 9.17) is 16.4 Å². The maximum absolute atomic E-state index is 12.5. The van der Waals surface area contributed by atoms with Gasteiger partial charge < -0.3 is 0 Å². The van der Waals surface area contributed by atoms with E-state index in [0.29, 0.717) is 11.4 Å². The number of rotatable bonds is 5. The monoisotopic (exact) mass is 303 g/mol. The first kappa shape index (κ1) is 15.5. The van der Waals surface area contributed by atoms with Gasteiger partial charge in [-0.3, -0.25) is 9.63 Å². The van der Waals surface area contributed by atoms with Crippen molar-refractivity contribution in [2.75, 3.05) is 14.2 Å². The molecule has 0 N–H and O–H groups in total. The molecular formula is C17H18ClNO2. The zero-order valence-corrected chi connectivity index (χ0v) is 12.9. The maximum atomic E-state index is 12.5. The topological polar surface area (TPSA) is 29.5 Å². The molecule has 110 valence electrons. The number of hydrogen-bond acceptors (Lipinski definition) is 2. The van der Waals surface area contributed by atoms with Crippen LogP contribution in [-0.4, -0.2) is 25.1 Å². The van der Waals surface area contributed by atoms with Crippen molar-refractivity contribution in [2.45, 2.75) is 12.3 Å². The van der Waals surface area contributed by atoms with Crippen molar-refractivity contribution in [3.63, 3.8) is 0 Å². The van der Waals surface area contributed by atoms with Crippen LogP contribution in [0.2, 0.25) is 5.02 Å². The van der Waals surface area contributed by atoms with Crippen molar-refractivity contribution in [1.82, 2.24) is 5.06 Å². The molecule has 0 saturated carbocycles. The molecule has 0 radical (unpaired) electrons. The summed E-state index contributed by atoms with van der Waals surface area (Å²) in [6.45, 7) is 0. The van der Waals surface area contributed by atoms with Gasteiger partial charge in [-0.25, -0.2) is 5.06 Å².